The molecule has 1 saturated heterocycles. The van der Waals surface area contributed by atoms with Gasteiger partial charge >= 0.3 is 0 Å². The first-order chi connectivity index (χ1) is 12.6. The molecule has 26 heavy (non-hydrogen) atoms. The van der Waals surface area contributed by atoms with Gasteiger partial charge in [0.1, 0.15) is 11.5 Å². The third-order valence-electron chi connectivity index (χ3n) is 5.20. The van der Waals surface area contributed by atoms with Gasteiger partial charge in [0.25, 0.3) is 0 Å². The second-order valence-electron chi connectivity index (χ2n) is 7.64. The van der Waals surface area contributed by atoms with Crippen molar-refractivity contribution in [2.24, 2.45) is 17.6 Å². The van der Waals surface area contributed by atoms with Crippen molar-refractivity contribution in [2.75, 3.05) is 18.0 Å². The summed E-state index contributed by atoms with van der Waals surface area (Å²) in [6, 6.07) is 10.4. The lowest BCUT2D eigenvalue weighted by atomic mass is 9.86. The molecule has 1 aliphatic heterocycles. The Morgan fingerprint density at radius 3 is 3.00 bits per heavy atom. The van der Waals surface area contributed by atoms with Gasteiger partial charge < -0.3 is 10.6 Å². The van der Waals surface area contributed by atoms with Crippen molar-refractivity contribution in [3.05, 3.63) is 36.5 Å². The van der Waals surface area contributed by atoms with Crippen LogP contribution >= 0.6 is 0 Å². The molecule has 3 N–H and O–H groups in total. The van der Waals surface area contributed by atoms with E-state index in [0.717, 1.165) is 54.2 Å². The monoisotopic (exact) mass is 350 g/mol. The van der Waals surface area contributed by atoms with Crippen LogP contribution in [0.3, 0.4) is 0 Å². The van der Waals surface area contributed by atoms with E-state index in [1.165, 1.54) is 0 Å². The Labute approximate surface area is 153 Å². The van der Waals surface area contributed by atoms with Crippen molar-refractivity contribution >= 4 is 16.9 Å². The molecule has 0 aliphatic carbocycles. The summed E-state index contributed by atoms with van der Waals surface area (Å²) < 4.78 is 0. The van der Waals surface area contributed by atoms with Crippen LogP contribution in [0.1, 0.15) is 26.7 Å². The minimum atomic E-state index is 0.290. The summed E-state index contributed by atoms with van der Waals surface area (Å²) in [5.74, 6) is 2.18. The van der Waals surface area contributed by atoms with Gasteiger partial charge in [-0.15, -0.1) is 0 Å². The van der Waals surface area contributed by atoms with Crippen LogP contribution < -0.4 is 10.6 Å². The van der Waals surface area contributed by atoms with Crippen molar-refractivity contribution in [1.29, 1.82) is 0 Å². The van der Waals surface area contributed by atoms with E-state index in [0.29, 0.717) is 11.8 Å². The predicted octanol–water partition coefficient (Wildman–Crippen LogP) is 3.22. The largest absolute Gasteiger partial charge is 0.356 e. The van der Waals surface area contributed by atoms with Crippen molar-refractivity contribution < 1.29 is 0 Å². The predicted molar refractivity (Wildman–Crippen MR) is 105 cm³/mol. The number of rotatable bonds is 4. The Balaban J connectivity index is 1.61. The molecule has 0 spiro atoms. The SMILES string of the molecule is CC(C)C[C@H]1CN(c2cccc(-c3n[nH]c4ncccc34)n2)CCC1N. The van der Waals surface area contributed by atoms with Crippen LogP contribution in [0, 0.1) is 11.8 Å². The molecule has 3 aromatic heterocycles. The number of hydrogen-bond donors (Lipinski definition) is 2. The summed E-state index contributed by atoms with van der Waals surface area (Å²) in [6.45, 7) is 6.45. The smallest absolute Gasteiger partial charge is 0.155 e. The third kappa shape index (κ3) is 3.29. The number of hydrogen-bond acceptors (Lipinski definition) is 5. The van der Waals surface area contributed by atoms with Crippen LogP contribution in [-0.4, -0.2) is 39.3 Å². The first-order valence-electron chi connectivity index (χ1n) is 9.39. The third-order valence-corrected chi connectivity index (χ3v) is 5.20. The molecule has 3 aromatic rings. The van der Waals surface area contributed by atoms with Crippen LogP contribution in [-0.2, 0) is 0 Å². The lowest BCUT2D eigenvalue weighted by Gasteiger charge is -2.38. The van der Waals surface area contributed by atoms with Crippen molar-refractivity contribution in [1.82, 2.24) is 20.2 Å². The number of nitrogens with zero attached hydrogens (tertiary/aromatic N) is 4. The van der Waals surface area contributed by atoms with E-state index in [1.807, 2.05) is 18.2 Å². The van der Waals surface area contributed by atoms with Gasteiger partial charge in [-0.1, -0.05) is 19.9 Å². The molecular weight excluding hydrogens is 324 g/mol. The highest BCUT2D eigenvalue weighted by Crippen LogP contribution is 2.28. The summed E-state index contributed by atoms with van der Waals surface area (Å²) in [7, 11) is 0. The first kappa shape index (κ1) is 17.0. The highest BCUT2D eigenvalue weighted by atomic mass is 15.2. The quantitative estimate of drug-likeness (QED) is 0.755. The lowest BCUT2D eigenvalue weighted by Crippen LogP contribution is -2.47. The normalized spacial score (nSPS) is 20.8. The molecule has 1 unspecified atom stereocenters. The Morgan fingerprint density at radius 1 is 1.27 bits per heavy atom. The molecule has 0 aromatic carbocycles. The summed E-state index contributed by atoms with van der Waals surface area (Å²) >= 11 is 0. The van der Waals surface area contributed by atoms with Gasteiger partial charge in [-0.05, 0) is 48.9 Å². The fourth-order valence-corrected chi connectivity index (χ4v) is 3.89. The number of fused-ring (bicyclic) bond motifs is 1. The fourth-order valence-electron chi connectivity index (χ4n) is 3.89. The number of H-pyrrole nitrogens is 1. The zero-order chi connectivity index (χ0) is 18.1. The Kier molecular flexibility index (Phi) is 4.59. The molecule has 0 amide bonds. The number of piperidine rings is 1. The Morgan fingerprint density at radius 2 is 2.15 bits per heavy atom. The molecule has 0 radical (unpaired) electrons. The molecule has 6 heteroatoms. The van der Waals surface area contributed by atoms with E-state index >= 15 is 0 Å². The number of pyridine rings is 2. The average molecular weight is 350 g/mol. The van der Waals surface area contributed by atoms with E-state index in [9.17, 15) is 0 Å². The number of nitrogens with two attached hydrogens (primary N) is 1. The van der Waals surface area contributed by atoms with Crippen LogP contribution in [0.4, 0.5) is 5.82 Å². The van der Waals surface area contributed by atoms with Crippen molar-refractivity contribution in [2.45, 2.75) is 32.7 Å². The maximum Gasteiger partial charge on any atom is 0.155 e. The van der Waals surface area contributed by atoms with Gasteiger partial charge in [-0.3, -0.25) is 5.10 Å². The van der Waals surface area contributed by atoms with E-state index < -0.39 is 0 Å². The van der Waals surface area contributed by atoms with Gasteiger partial charge in [-0.25, -0.2) is 9.97 Å². The van der Waals surface area contributed by atoms with Gasteiger partial charge in [0.15, 0.2) is 5.65 Å². The molecular formula is C20H26N6. The summed E-state index contributed by atoms with van der Waals surface area (Å²) in [5, 5.41) is 8.41. The molecule has 4 rings (SSSR count). The van der Waals surface area contributed by atoms with Crippen LogP contribution in [0.2, 0.25) is 0 Å². The lowest BCUT2D eigenvalue weighted by molar-refractivity contribution is 0.303. The maximum absolute atomic E-state index is 6.37. The minimum absolute atomic E-state index is 0.290. The van der Waals surface area contributed by atoms with E-state index in [4.69, 9.17) is 10.7 Å². The topological polar surface area (TPSA) is 83.7 Å². The Hall–Kier alpha value is -2.47. The summed E-state index contributed by atoms with van der Waals surface area (Å²) in [6.07, 6.45) is 3.94. The van der Waals surface area contributed by atoms with E-state index in [2.05, 4.69) is 46.1 Å². The fraction of sp³-hybridized carbons (Fsp3) is 0.450. The van der Waals surface area contributed by atoms with Gasteiger partial charge in [0.05, 0.1) is 5.69 Å². The van der Waals surface area contributed by atoms with Crippen LogP contribution in [0.15, 0.2) is 36.5 Å². The molecule has 1 fully saturated rings. The summed E-state index contributed by atoms with van der Waals surface area (Å²) in [4.78, 5) is 11.6. The zero-order valence-electron chi connectivity index (χ0n) is 15.4. The van der Waals surface area contributed by atoms with E-state index in [-0.39, 0.29) is 6.04 Å². The van der Waals surface area contributed by atoms with Crippen LogP contribution in [0.5, 0.6) is 0 Å². The standard InChI is InChI=1S/C20H26N6/c1-13(2)11-14-12-26(10-8-16(14)21)18-7-3-6-17(23-18)19-15-5-4-9-22-20(15)25-24-19/h3-7,9,13-14,16H,8,10-12,21H2,1-2H3,(H,22,24,25)/t14-,16?/m0/s1. The molecule has 0 saturated carbocycles. The van der Waals surface area contributed by atoms with Gasteiger partial charge in [0.2, 0.25) is 0 Å². The zero-order valence-corrected chi connectivity index (χ0v) is 15.4. The van der Waals surface area contributed by atoms with Crippen molar-refractivity contribution in [3.8, 4) is 11.4 Å². The highest BCUT2D eigenvalue weighted by molar-refractivity contribution is 5.89. The maximum atomic E-state index is 6.37. The second-order valence-corrected chi connectivity index (χ2v) is 7.64. The molecule has 136 valence electrons. The first-order valence-corrected chi connectivity index (χ1v) is 9.39. The van der Waals surface area contributed by atoms with Gasteiger partial charge in [-0.2, -0.15) is 5.10 Å². The summed E-state index contributed by atoms with van der Waals surface area (Å²) in [5.41, 5.74) is 8.88. The number of aromatic amines is 1. The van der Waals surface area contributed by atoms with Crippen molar-refractivity contribution in [3.63, 3.8) is 0 Å². The molecule has 1 aliphatic rings. The Bertz CT molecular complexity index is 887. The average Bonchev–Trinajstić information content (AvgIpc) is 3.07. The molecule has 4 heterocycles. The minimum Gasteiger partial charge on any atom is -0.356 e. The second kappa shape index (κ2) is 7.03. The number of anilines is 1. The molecule has 6 nitrogen and oxygen atoms in total. The highest BCUT2D eigenvalue weighted by Gasteiger charge is 2.28. The van der Waals surface area contributed by atoms with E-state index in [1.54, 1.807) is 6.20 Å². The van der Waals surface area contributed by atoms with Crippen LogP contribution in [0.25, 0.3) is 22.4 Å². The molecule has 0 bridgehead atoms. The van der Waals surface area contributed by atoms with Gasteiger partial charge in [0, 0.05) is 30.7 Å². The number of nitrogens with one attached hydrogen (secondary N) is 1. The molecule has 2 atom stereocenters. The number of aromatic nitrogens is 4.